The average Bonchev–Trinajstić information content (AvgIpc) is 2.70. The van der Waals surface area contributed by atoms with E-state index in [9.17, 15) is 8.42 Å². The zero-order valence-electron chi connectivity index (χ0n) is 11.2. The number of anilines is 2. The second-order valence-corrected chi connectivity index (χ2v) is 6.58. The lowest BCUT2D eigenvalue weighted by Crippen LogP contribution is -2.16. The van der Waals surface area contributed by atoms with Crippen LogP contribution in [0.1, 0.15) is 25.8 Å². The van der Waals surface area contributed by atoms with Crippen molar-refractivity contribution < 1.29 is 8.42 Å². The van der Waals surface area contributed by atoms with Crippen LogP contribution < -0.4 is 11.1 Å². The third kappa shape index (κ3) is 3.86. The quantitative estimate of drug-likeness (QED) is 0.758. The number of rotatable bonds is 7. The number of nitrogens with two attached hydrogens (primary N) is 1. The fourth-order valence-electron chi connectivity index (χ4n) is 1.49. The number of hydrogen-bond acceptors (Lipinski definition) is 6. The van der Waals surface area contributed by atoms with E-state index in [1.165, 1.54) is 4.68 Å². The van der Waals surface area contributed by atoms with Crippen molar-refractivity contribution in [3.8, 4) is 6.07 Å². The Kier molecular flexibility index (Phi) is 5.18. The molecule has 7 nitrogen and oxygen atoms in total. The molecule has 106 valence electrons. The van der Waals surface area contributed by atoms with Crippen LogP contribution in [0.25, 0.3) is 0 Å². The highest BCUT2D eigenvalue weighted by atomic mass is 32.2. The highest BCUT2D eigenvalue weighted by molar-refractivity contribution is 7.91. The van der Waals surface area contributed by atoms with E-state index in [0.29, 0.717) is 12.4 Å². The maximum Gasteiger partial charge on any atom is 0.168 e. The Balaban J connectivity index is 2.91. The van der Waals surface area contributed by atoms with E-state index in [1.54, 1.807) is 6.92 Å². The zero-order chi connectivity index (χ0) is 14.5. The maximum atomic E-state index is 11.5. The summed E-state index contributed by atoms with van der Waals surface area (Å²) < 4.78 is 24.3. The first-order valence-corrected chi connectivity index (χ1v) is 7.98. The van der Waals surface area contributed by atoms with Gasteiger partial charge in [-0.2, -0.15) is 10.4 Å². The van der Waals surface area contributed by atoms with Crippen molar-refractivity contribution in [3.05, 3.63) is 5.56 Å². The molecule has 0 amide bonds. The Hall–Kier alpha value is -1.75. The molecular formula is C11H19N5O2S. The molecule has 0 unspecified atom stereocenters. The topological polar surface area (TPSA) is 114 Å². The summed E-state index contributed by atoms with van der Waals surface area (Å²) in [6.45, 7) is 4.42. The lowest BCUT2D eigenvalue weighted by molar-refractivity contribution is 0.583. The number of nitrogens with one attached hydrogen (secondary N) is 1. The molecule has 0 aliphatic heterocycles. The van der Waals surface area contributed by atoms with Crippen LogP contribution in [0.15, 0.2) is 0 Å². The second-order valence-electron chi connectivity index (χ2n) is 4.11. The van der Waals surface area contributed by atoms with Crippen molar-refractivity contribution in [2.75, 3.05) is 29.1 Å². The Labute approximate surface area is 113 Å². The monoisotopic (exact) mass is 285 g/mol. The summed E-state index contributed by atoms with van der Waals surface area (Å²) >= 11 is 0. The largest absolute Gasteiger partial charge is 0.383 e. The predicted molar refractivity (Wildman–Crippen MR) is 74.5 cm³/mol. The molecule has 3 N–H and O–H groups in total. The number of nitrogens with zero attached hydrogens (tertiary/aromatic N) is 3. The van der Waals surface area contributed by atoms with Gasteiger partial charge in [-0.25, -0.2) is 13.1 Å². The van der Waals surface area contributed by atoms with Gasteiger partial charge >= 0.3 is 0 Å². The molecule has 1 heterocycles. The van der Waals surface area contributed by atoms with Gasteiger partial charge in [0.2, 0.25) is 0 Å². The van der Waals surface area contributed by atoms with Crippen molar-refractivity contribution in [1.82, 2.24) is 9.78 Å². The summed E-state index contributed by atoms with van der Waals surface area (Å²) in [4.78, 5) is 0. The minimum Gasteiger partial charge on any atom is -0.383 e. The van der Waals surface area contributed by atoms with Gasteiger partial charge in [0.05, 0.1) is 12.3 Å². The molecule has 0 atom stereocenters. The number of nitrogen functional groups attached to an aromatic ring is 1. The lowest BCUT2D eigenvalue weighted by atomic mass is 10.3. The van der Waals surface area contributed by atoms with Crippen molar-refractivity contribution in [1.29, 1.82) is 5.26 Å². The summed E-state index contributed by atoms with van der Waals surface area (Å²) in [6, 6.07) is 1.98. The van der Waals surface area contributed by atoms with Crippen molar-refractivity contribution in [2.45, 2.75) is 26.8 Å². The van der Waals surface area contributed by atoms with Gasteiger partial charge in [-0.1, -0.05) is 13.8 Å². The number of nitriles is 1. The molecule has 1 rings (SSSR count). The van der Waals surface area contributed by atoms with Crippen LogP contribution in [-0.4, -0.2) is 36.2 Å². The molecule has 0 bridgehead atoms. The first-order valence-electron chi connectivity index (χ1n) is 6.15. The highest BCUT2D eigenvalue weighted by Crippen LogP contribution is 2.20. The molecule has 0 saturated carbocycles. The van der Waals surface area contributed by atoms with Crippen LogP contribution in [0.5, 0.6) is 0 Å². The Bertz CT molecular complexity index is 571. The number of hydrogen-bond donors (Lipinski definition) is 2. The zero-order valence-corrected chi connectivity index (χ0v) is 12.0. The van der Waals surface area contributed by atoms with E-state index in [4.69, 9.17) is 11.0 Å². The number of aromatic nitrogens is 2. The second kappa shape index (κ2) is 6.43. The summed E-state index contributed by atoms with van der Waals surface area (Å²) in [5.74, 6) is 0.663. The number of sulfone groups is 1. The van der Waals surface area contributed by atoms with Crippen LogP contribution in [0.4, 0.5) is 11.6 Å². The first-order chi connectivity index (χ1) is 8.95. The molecule has 0 aromatic carbocycles. The van der Waals surface area contributed by atoms with E-state index in [0.717, 1.165) is 6.42 Å². The molecule has 0 aliphatic rings. The molecule has 1 aromatic rings. The molecule has 8 heteroatoms. The first kappa shape index (κ1) is 15.3. The van der Waals surface area contributed by atoms with Gasteiger partial charge in [-0.05, 0) is 6.42 Å². The van der Waals surface area contributed by atoms with Crippen LogP contribution in [0.2, 0.25) is 0 Å². The van der Waals surface area contributed by atoms with Crippen LogP contribution in [0, 0.1) is 11.3 Å². The Morgan fingerprint density at radius 2 is 2.16 bits per heavy atom. The van der Waals surface area contributed by atoms with Gasteiger partial charge in [0, 0.05) is 12.3 Å². The van der Waals surface area contributed by atoms with Crippen LogP contribution in [0.3, 0.4) is 0 Å². The van der Waals surface area contributed by atoms with Crippen molar-refractivity contribution >= 4 is 21.5 Å². The average molecular weight is 285 g/mol. The van der Waals surface area contributed by atoms with Crippen LogP contribution >= 0.6 is 0 Å². The lowest BCUT2D eigenvalue weighted by Gasteiger charge is -2.03. The predicted octanol–water partition coefficient (Wildman–Crippen LogP) is 0.594. The van der Waals surface area contributed by atoms with Gasteiger partial charge < -0.3 is 11.1 Å². The van der Waals surface area contributed by atoms with E-state index < -0.39 is 9.84 Å². The van der Waals surface area contributed by atoms with E-state index in [1.807, 2.05) is 13.0 Å². The molecule has 0 spiro atoms. The SMILES string of the molecule is CCCNc1nn(CCS(=O)(=O)CC)c(N)c1C#N. The fraction of sp³-hybridized carbons (Fsp3) is 0.636. The molecule has 19 heavy (non-hydrogen) atoms. The third-order valence-electron chi connectivity index (χ3n) is 2.70. The molecule has 0 fully saturated rings. The van der Waals surface area contributed by atoms with Gasteiger partial charge in [0.25, 0.3) is 0 Å². The van der Waals surface area contributed by atoms with E-state index in [2.05, 4.69) is 10.4 Å². The van der Waals surface area contributed by atoms with Crippen molar-refractivity contribution in [3.63, 3.8) is 0 Å². The summed E-state index contributed by atoms with van der Waals surface area (Å²) in [5.41, 5.74) is 6.07. The smallest absolute Gasteiger partial charge is 0.168 e. The standard InChI is InChI=1S/C11H19N5O2S/c1-3-5-14-11-9(8-12)10(13)16(15-11)6-7-19(17,18)4-2/h3-7,13H2,1-2H3,(H,14,15). The van der Waals surface area contributed by atoms with E-state index >= 15 is 0 Å². The fourth-order valence-corrected chi connectivity index (χ4v) is 2.23. The van der Waals surface area contributed by atoms with Gasteiger partial charge in [0.1, 0.15) is 17.5 Å². The normalized spacial score (nSPS) is 11.2. The highest BCUT2D eigenvalue weighted by Gasteiger charge is 2.16. The van der Waals surface area contributed by atoms with Gasteiger partial charge in [-0.3, -0.25) is 0 Å². The molecule has 0 saturated heterocycles. The Morgan fingerprint density at radius 3 is 2.68 bits per heavy atom. The van der Waals surface area contributed by atoms with Gasteiger partial charge in [0.15, 0.2) is 15.7 Å². The van der Waals surface area contributed by atoms with Crippen LogP contribution in [-0.2, 0) is 16.4 Å². The maximum absolute atomic E-state index is 11.5. The summed E-state index contributed by atoms with van der Waals surface area (Å²) in [7, 11) is -3.08. The van der Waals surface area contributed by atoms with Crippen molar-refractivity contribution in [2.24, 2.45) is 0 Å². The number of aryl methyl sites for hydroxylation is 1. The molecule has 0 aliphatic carbocycles. The minimum atomic E-state index is -3.08. The van der Waals surface area contributed by atoms with E-state index in [-0.39, 0.29) is 29.4 Å². The summed E-state index contributed by atoms with van der Waals surface area (Å²) in [5, 5.41) is 16.2. The van der Waals surface area contributed by atoms with Gasteiger partial charge in [-0.15, -0.1) is 0 Å². The molecular weight excluding hydrogens is 266 g/mol. The molecule has 0 radical (unpaired) electrons. The Morgan fingerprint density at radius 1 is 1.47 bits per heavy atom. The third-order valence-corrected chi connectivity index (χ3v) is 4.38. The summed E-state index contributed by atoms with van der Waals surface area (Å²) in [6.07, 6.45) is 0.891. The molecule has 1 aromatic heterocycles. The minimum absolute atomic E-state index is 0.0343.